The molecule has 0 aliphatic rings. The summed E-state index contributed by atoms with van der Waals surface area (Å²) in [6.45, 7) is 14.5. The predicted molar refractivity (Wildman–Crippen MR) is 227 cm³/mol. The van der Waals surface area contributed by atoms with Crippen LogP contribution < -0.4 is 9.00 Å². The zero-order valence-corrected chi connectivity index (χ0v) is 34.4. The number of benzene rings is 3. The van der Waals surface area contributed by atoms with E-state index in [-0.39, 0.29) is 0 Å². The number of hydrogen-bond donors (Lipinski definition) is 0. The van der Waals surface area contributed by atoms with Crippen LogP contribution in [0.2, 0.25) is 39.3 Å². The van der Waals surface area contributed by atoms with E-state index in [4.69, 9.17) is 8.75 Å². The summed E-state index contributed by atoms with van der Waals surface area (Å²) in [5, 5.41) is 0. The topological polar surface area (TPSA) is 25.8 Å². The van der Waals surface area contributed by atoms with E-state index < -0.39 is 16.1 Å². The number of nitrogens with zero attached hydrogens (tertiary/aromatic N) is 2. The number of hydrogen-bond acceptors (Lipinski definition) is 7. The third-order valence-corrected chi connectivity index (χ3v) is 21.3. The van der Waals surface area contributed by atoms with E-state index in [1.165, 1.54) is 52.1 Å². The van der Waals surface area contributed by atoms with Gasteiger partial charge in [-0.15, -0.1) is 45.3 Å². The Balaban J connectivity index is 1.02. The second-order valence-corrected chi connectivity index (χ2v) is 30.1. The number of fused-ring (bicyclic) bond motifs is 1. The molecule has 8 aromatic rings. The fraction of sp³-hybridized carbons (Fsp3) is 0.150. The van der Waals surface area contributed by atoms with Crippen LogP contribution in [-0.4, -0.2) is 24.9 Å². The van der Waals surface area contributed by atoms with Gasteiger partial charge in [-0.05, 0) is 67.7 Å². The van der Waals surface area contributed by atoms with E-state index in [0.717, 1.165) is 33.3 Å². The van der Waals surface area contributed by atoms with Crippen molar-refractivity contribution in [2.45, 2.75) is 39.3 Å². The maximum atomic E-state index is 4.77. The molecular weight excluding hydrogens is 725 g/mol. The highest BCUT2D eigenvalue weighted by atomic mass is 32.1. The molecule has 9 heteroatoms. The van der Waals surface area contributed by atoms with Gasteiger partial charge in [0.2, 0.25) is 0 Å². The highest BCUT2D eigenvalue weighted by molar-refractivity contribution is 7.32. The van der Waals surface area contributed by atoms with Crippen molar-refractivity contribution in [3.63, 3.8) is 0 Å². The molecule has 0 saturated heterocycles. The first-order valence-corrected chi connectivity index (χ1v) is 27.4. The SMILES string of the molecule is C[Si](C)(C)c1ccc(-c2ccc(-c3ccc(-c4ccc(-c5ccc(-c6ccc(-c7ccc([Si](C)(C)C)s7)s6)cc5)c5nsnc45)cc3)s2)s1. The summed E-state index contributed by atoms with van der Waals surface area (Å²) in [6.07, 6.45) is 0. The number of thiophene rings is 4. The largest absolute Gasteiger partial charge is 0.172 e. The average Bonchev–Trinajstić information content (AvgIpc) is 3.92. The van der Waals surface area contributed by atoms with Crippen molar-refractivity contribution in [1.29, 1.82) is 0 Å². The van der Waals surface area contributed by atoms with Crippen LogP contribution in [0.3, 0.4) is 0 Å². The van der Waals surface area contributed by atoms with Gasteiger partial charge >= 0.3 is 0 Å². The lowest BCUT2D eigenvalue weighted by atomic mass is 9.96. The smallest absolute Gasteiger partial charge is 0.113 e. The lowest BCUT2D eigenvalue weighted by molar-refractivity contribution is 1.58. The van der Waals surface area contributed by atoms with Gasteiger partial charge in [0, 0.05) is 40.4 Å². The Morgan fingerprint density at radius 2 is 0.673 bits per heavy atom. The normalized spacial score (nSPS) is 12.3. The lowest BCUT2D eigenvalue weighted by Crippen LogP contribution is -2.34. The molecule has 3 aromatic carbocycles. The molecule has 2 nitrogen and oxygen atoms in total. The van der Waals surface area contributed by atoms with Gasteiger partial charge in [0.05, 0.1) is 27.9 Å². The van der Waals surface area contributed by atoms with Crippen molar-refractivity contribution in [2.24, 2.45) is 0 Å². The van der Waals surface area contributed by atoms with Crippen molar-refractivity contribution >= 4 is 93.3 Å². The second kappa shape index (κ2) is 12.8. The van der Waals surface area contributed by atoms with Crippen molar-refractivity contribution in [3.8, 4) is 62.6 Å². The minimum atomic E-state index is -1.29. The monoisotopic (exact) mass is 760 g/mol. The molecule has 0 aliphatic carbocycles. The fourth-order valence-electron chi connectivity index (χ4n) is 5.96. The van der Waals surface area contributed by atoms with E-state index in [1.54, 1.807) is 9.00 Å². The number of rotatable bonds is 8. The highest BCUT2D eigenvalue weighted by Gasteiger charge is 2.21. The molecule has 0 fully saturated rings. The highest BCUT2D eigenvalue weighted by Crippen LogP contribution is 2.40. The quantitative estimate of drug-likeness (QED) is 0.144. The zero-order chi connectivity index (χ0) is 33.9. The molecule has 0 saturated carbocycles. The molecule has 0 bridgehead atoms. The van der Waals surface area contributed by atoms with Crippen LogP contribution in [0.15, 0.2) is 109 Å². The summed E-state index contributed by atoms with van der Waals surface area (Å²) in [4.78, 5) is 8.05. The zero-order valence-electron chi connectivity index (χ0n) is 28.3. The Hall–Kier alpha value is -3.29. The van der Waals surface area contributed by atoms with Gasteiger partial charge in [0.25, 0.3) is 0 Å². The molecule has 0 amide bonds. The van der Waals surface area contributed by atoms with Crippen molar-refractivity contribution in [3.05, 3.63) is 109 Å². The first kappa shape index (κ1) is 32.9. The molecule has 5 heterocycles. The Bertz CT molecular complexity index is 2240. The molecule has 0 N–H and O–H groups in total. The predicted octanol–water partition coefficient (Wildman–Crippen LogP) is 13.0. The van der Waals surface area contributed by atoms with Gasteiger partial charge < -0.3 is 0 Å². The molecule has 0 aliphatic heterocycles. The lowest BCUT2D eigenvalue weighted by Gasteiger charge is -2.12. The van der Waals surface area contributed by atoms with Crippen molar-refractivity contribution in [1.82, 2.24) is 8.75 Å². The summed E-state index contributed by atoms with van der Waals surface area (Å²) in [6, 6.07) is 40.6. The van der Waals surface area contributed by atoms with E-state index in [9.17, 15) is 0 Å². The Labute approximate surface area is 310 Å². The molecular formula is C40H36N2S5Si2. The molecule has 0 unspecified atom stereocenters. The van der Waals surface area contributed by atoms with E-state index in [0.29, 0.717) is 0 Å². The summed E-state index contributed by atoms with van der Waals surface area (Å²) >= 11 is 8.97. The first-order chi connectivity index (χ1) is 23.5. The van der Waals surface area contributed by atoms with E-state index >= 15 is 0 Å². The third-order valence-electron chi connectivity index (χ3n) is 8.76. The third kappa shape index (κ3) is 6.54. The van der Waals surface area contributed by atoms with Crippen molar-refractivity contribution < 1.29 is 0 Å². The van der Waals surface area contributed by atoms with Crippen molar-refractivity contribution in [2.75, 3.05) is 0 Å². The molecule has 0 atom stereocenters. The van der Waals surface area contributed by atoms with Gasteiger partial charge in [-0.2, -0.15) is 8.75 Å². The van der Waals surface area contributed by atoms with Crippen LogP contribution in [0.1, 0.15) is 0 Å². The molecule has 8 rings (SSSR count). The van der Waals surface area contributed by atoms with Gasteiger partial charge in [-0.25, -0.2) is 0 Å². The fourth-order valence-corrected chi connectivity index (χ4v) is 14.5. The van der Waals surface area contributed by atoms with Crippen LogP contribution in [0.5, 0.6) is 0 Å². The summed E-state index contributed by atoms with van der Waals surface area (Å²) in [7, 11) is -2.58. The molecule has 0 spiro atoms. The average molecular weight is 761 g/mol. The van der Waals surface area contributed by atoms with Crippen LogP contribution in [-0.2, 0) is 0 Å². The minimum Gasteiger partial charge on any atom is -0.172 e. The van der Waals surface area contributed by atoms with Crippen LogP contribution >= 0.6 is 57.1 Å². The second-order valence-electron chi connectivity index (χ2n) is 14.4. The van der Waals surface area contributed by atoms with Crippen LogP contribution in [0.25, 0.3) is 73.7 Å². The van der Waals surface area contributed by atoms with Gasteiger partial charge in [0.15, 0.2) is 0 Å². The molecule has 244 valence electrons. The molecule has 5 aromatic heterocycles. The maximum absolute atomic E-state index is 4.77. The van der Waals surface area contributed by atoms with Gasteiger partial charge in [-0.3, -0.25) is 0 Å². The van der Waals surface area contributed by atoms with E-state index in [2.05, 4.69) is 148 Å². The van der Waals surface area contributed by atoms with Crippen LogP contribution in [0.4, 0.5) is 0 Å². The van der Waals surface area contributed by atoms with Gasteiger partial charge in [-0.1, -0.05) is 112 Å². The summed E-state index contributed by atoms with van der Waals surface area (Å²) in [5.41, 5.74) is 8.99. The maximum Gasteiger partial charge on any atom is 0.113 e. The number of aromatic nitrogens is 2. The standard InChI is InChI=1S/C40H36N2S5Si2/c1-48(2,3)37-23-21-35(45-37)33-19-17-31(43-33)27-11-7-25(8-12-27)29-15-16-30(40-39(29)41-47-42-40)26-9-13-28(14-10-26)32-18-20-34(44-32)36-22-24-38(46-36)49(4,5)6/h7-24H,1-6H3. The Kier molecular flexibility index (Phi) is 8.59. The molecule has 0 radical (unpaired) electrons. The molecule has 49 heavy (non-hydrogen) atoms. The first-order valence-electron chi connectivity index (χ1n) is 16.4. The van der Waals surface area contributed by atoms with Crippen LogP contribution in [0, 0.1) is 0 Å². The van der Waals surface area contributed by atoms with Gasteiger partial charge in [0.1, 0.15) is 11.0 Å². The Morgan fingerprint density at radius 1 is 0.347 bits per heavy atom. The minimum absolute atomic E-state index is 0.963. The Morgan fingerprint density at radius 3 is 1.04 bits per heavy atom. The van der Waals surface area contributed by atoms with E-state index in [1.807, 2.05) is 45.3 Å². The summed E-state index contributed by atoms with van der Waals surface area (Å²) < 4.78 is 12.7. The summed E-state index contributed by atoms with van der Waals surface area (Å²) in [5.74, 6) is 0.